The third kappa shape index (κ3) is 3.95. The number of hydrogen-bond donors (Lipinski definition) is 1. The molecule has 4 nitrogen and oxygen atoms in total. The minimum atomic E-state index is -0.575. The first-order chi connectivity index (χ1) is 10.8. The highest BCUT2D eigenvalue weighted by Gasteiger charge is 2.30. The molecule has 1 amide bonds. The number of nitrogens with zero attached hydrogens (tertiary/aromatic N) is 2. The van der Waals surface area contributed by atoms with E-state index in [1.807, 2.05) is 45.0 Å². The maximum Gasteiger partial charge on any atom is 0.230 e. The predicted molar refractivity (Wildman–Crippen MR) is 92.9 cm³/mol. The lowest BCUT2D eigenvalue weighted by Crippen LogP contribution is -2.45. The van der Waals surface area contributed by atoms with E-state index in [9.17, 15) is 4.79 Å². The molecule has 1 aromatic carbocycles. The first kappa shape index (κ1) is 17.1. The monoisotopic (exact) mass is 311 g/mol. The van der Waals surface area contributed by atoms with Crippen LogP contribution in [0.15, 0.2) is 43.0 Å². The van der Waals surface area contributed by atoms with Crippen molar-refractivity contribution in [1.82, 2.24) is 15.3 Å². The van der Waals surface area contributed by atoms with Gasteiger partial charge in [0.25, 0.3) is 0 Å². The number of rotatable bonds is 5. The van der Waals surface area contributed by atoms with Gasteiger partial charge in [-0.3, -0.25) is 4.79 Å². The number of carbonyl (C=O) groups is 1. The van der Waals surface area contributed by atoms with Crippen LogP contribution in [0.1, 0.15) is 40.2 Å². The molecule has 122 valence electrons. The summed E-state index contributed by atoms with van der Waals surface area (Å²) < 4.78 is 0. The van der Waals surface area contributed by atoms with E-state index in [0.717, 1.165) is 16.7 Å². The average Bonchev–Trinajstić information content (AvgIpc) is 2.55. The van der Waals surface area contributed by atoms with E-state index in [0.29, 0.717) is 5.92 Å². The zero-order chi connectivity index (χ0) is 17.0. The quantitative estimate of drug-likeness (QED) is 0.918. The largest absolute Gasteiger partial charge is 0.353 e. The van der Waals surface area contributed by atoms with Crippen molar-refractivity contribution in [2.75, 3.05) is 0 Å². The van der Waals surface area contributed by atoms with Crippen molar-refractivity contribution in [2.24, 2.45) is 5.92 Å². The fourth-order valence-electron chi connectivity index (χ4n) is 2.21. The van der Waals surface area contributed by atoms with Crippen molar-refractivity contribution in [3.05, 3.63) is 48.5 Å². The van der Waals surface area contributed by atoms with E-state index >= 15 is 0 Å². The fourth-order valence-corrected chi connectivity index (χ4v) is 2.21. The molecule has 0 spiro atoms. The van der Waals surface area contributed by atoms with E-state index in [1.54, 1.807) is 12.4 Å². The molecule has 1 N–H and O–H groups in total. The summed E-state index contributed by atoms with van der Waals surface area (Å²) in [7, 11) is 0. The van der Waals surface area contributed by atoms with Gasteiger partial charge in [0.2, 0.25) is 5.91 Å². The van der Waals surface area contributed by atoms with Crippen molar-refractivity contribution < 1.29 is 4.79 Å². The molecule has 1 unspecified atom stereocenters. The van der Waals surface area contributed by atoms with Gasteiger partial charge in [0.1, 0.15) is 6.33 Å². The molecule has 0 aliphatic carbocycles. The maximum atomic E-state index is 12.6. The Morgan fingerprint density at radius 2 is 1.57 bits per heavy atom. The highest BCUT2D eigenvalue weighted by molar-refractivity contribution is 5.87. The van der Waals surface area contributed by atoms with Crippen molar-refractivity contribution in [3.8, 4) is 11.1 Å². The zero-order valence-corrected chi connectivity index (χ0v) is 14.5. The van der Waals surface area contributed by atoms with Gasteiger partial charge in [-0.05, 0) is 37.8 Å². The van der Waals surface area contributed by atoms with Crippen LogP contribution in [-0.2, 0) is 10.2 Å². The lowest BCUT2D eigenvalue weighted by molar-refractivity contribution is -0.126. The number of nitrogens with one attached hydrogen (secondary N) is 1. The van der Waals surface area contributed by atoms with E-state index < -0.39 is 5.41 Å². The summed E-state index contributed by atoms with van der Waals surface area (Å²) in [6, 6.07) is 8.18. The maximum absolute atomic E-state index is 12.6. The Labute approximate surface area is 138 Å². The number of hydrogen-bond acceptors (Lipinski definition) is 3. The van der Waals surface area contributed by atoms with Crippen LogP contribution < -0.4 is 5.32 Å². The van der Waals surface area contributed by atoms with Gasteiger partial charge in [0.15, 0.2) is 0 Å². The summed E-state index contributed by atoms with van der Waals surface area (Å²) in [6.45, 7) is 10.2. The third-order valence-corrected chi connectivity index (χ3v) is 4.43. The van der Waals surface area contributed by atoms with Crippen molar-refractivity contribution in [1.29, 1.82) is 0 Å². The van der Waals surface area contributed by atoms with Crippen LogP contribution in [0.3, 0.4) is 0 Å². The molecule has 1 atom stereocenters. The first-order valence-electron chi connectivity index (χ1n) is 7.99. The summed E-state index contributed by atoms with van der Waals surface area (Å²) in [5.41, 5.74) is 2.43. The third-order valence-electron chi connectivity index (χ3n) is 4.43. The van der Waals surface area contributed by atoms with Gasteiger partial charge in [0.05, 0.1) is 5.41 Å². The van der Waals surface area contributed by atoms with Crippen molar-refractivity contribution >= 4 is 5.91 Å². The second kappa shape index (κ2) is 6.90. The van der Waals surface area contributed by atoms with E-state index in [1.165, 1.54) is 6.33 Å². The molecule has 2 rings (SSSR count). The Balaban J connectivity index is 2.18. The van der Waals surface area contributed by atoms with E-state index in [4.69, 9.17) is 0 Å². The lowest BCUT2D eigenvalue weighted by atomic mass is 9.82. The smallest absolute Gasteiger partial charge is 0.230 e. The number of benzene rings is 1. The molecule has 0 aliphatic heterocycles. The number of aromatic nitrogens is 2. The van der Waals surface area contributed by atoms with Crippen LogP contribution >= 0.6 is 0 Å². The summed E-state index contributed by atoms with van der Waals surface area (Å²) in [5.74, 6) is 0.463. The molecule has 23 heavy (non-hydrogen) atoms. The minimum absolute atomic E-state index is 0.0505. The van der Waals surface area contributed by atoms with Crippen LogP contribution in [-0.4, -0.2) is 21.9 Å². The fraction of sp³-hybridized carbons (Fsp3) is 0.421. The van der Waals surface area contributed by atoms with E-state index in [2.05, 4.69) is 29.1 Å². The molecule has 0 saturated carbocycles. The minimum Gasteiger partial charge on any atom is -0.353 e. The second-order valence-electron chi connectivity index (χ2n) is 6.84. The van der Waals surface area contributed by atoms with Gasteiger partial charge in [-0.15, -0.1) is 0 Å². The molecular weight excluding hydrogens is 286 g/mol. The normalized spacial score (nSPS) is 13.0. The summed E-state index contributed by atoms with van der Waals surface area (Å²) in [5, 5.41) is 3.11. The topological polar surface area (TPSA) is 54.9 Å². The molecular formula is C19H25N3O. The van der Waals surface area contributed by atoms with Crippen molar-refractivity contribution in [2.45, 2.75) is 46.1 Å². The van der Waals surface area contributed by atoms with Gasteiger partial charge in [-0.1, -0.05) is 38.1 Å². The van der Waals surface area contributed by atoms with Crippen molar-refractivity contribution in [3.63, 3.8) is 0 Å². The second-order valence-corrected chi connectivity index (χ2v) is 6.84. The molecule has 1 aromatic heterocycles. The molecule has 0 aliphatic rings. The van der Waals surface area contributed by atoms with Crippen LogP contribution in [0.5, 0.6) is 0 Å². The van der Waals surface area contributed by atoms with Gasteiger partial charge < -0.3 is 5.32 Å². The number of carbonyl (C=O) groups excluding carboxylic acids is 1. The molecule has 2 aromatic rings. The summed E-state index contributed by atoms with van der Waals surface area (Å²) >= 11 is 0. The van der Waals surface area contributed by atoms with Crippen LogP contribution in [0.4, 0.5) is 0 Å². The Morgan fingerprint density at radius 3 is 2.09 bits per heavy atom. The molecule has 0 radical (unpaired) electrons. The Kier molecular flexibility index (Phi) is 5.14. The Bertz CT molecular complexity index is 648. The standard InChI is InChI=1S/C19H25N3O/c1-13(2)14(3)22-18(23)19(4,5)17-8-6-15(7-9-17)16-10-20-12-21-11-16/h6-14H,1-5H3,(H,22,23). The zero-order valence-electron chi connectivity index (χ0n) is 14.5. The van der Waals surface area contributed by atoms with Gasteiger partial charge in [-0.25, -0.2) is 9.97 Å². The van der Waals surface area contributed by atoms with Crippen LogP contribution in [0, 0.1) is 5.92 Å². The van der Waals surface area contributed by atoms with Gasteiger partial charge >= 0.3 is 0 Å². The SMILES string of the molecule is CC(C)C(C)NC(=O)C(C)(C)c1ccc(-c2cncnc2)cc1. The number of amides is 1. The summed E-state index contributed by atoms with van der Waals surface area (Å²) in [6.07, 6.45) is 5.08. The highest BCUT2D eigenvalue weighted by atomic mass is 16.2. The van der Waals surface area contributed by atoms with Gasteiger partial charge in [0, 0.05) is 24.0 Å². The molecule has 1 heterocycles. The molecule has 0 saturated heterocycles. The molecule has 0 fully saturated rings. The van der Waals surface area contributed by atoms with Gasteiger partial charge in [-0.2, -0.15) is 0 Å². The highest BCUT2D eigenvalue weighted by Crippen LogP contribution is 2.27. The van der Waals surface area contributed by atoms with Crippen LogP contribution in [0.25, 0.3) is 11.1 Å². The lowest BCUT2D eigenvalue weighted by Gasteiger charge is -2.28. The predicted octanol–water partition coefficient (Wildman–Crippen LogP) is 3.58. The average molecular weight is 311 g/mol. The Hall–Kier alpha value is -2.23. The summed E-state index contributed by atoms with van der Waals surface area (Å²) in [4.78, 5) is 20.7. The van der Waals surface area contributed by atoms with E-state index in [-0.39, 0.29) is 11.9 Å². The van der Waals surface area contributed by atoms with Crippen LogP contribution in [0.2, 0.25) is 0 Å². The first-order valence-corrected chi connectivity index (χ1v) is 7.99. The molecule has 0 bridgehead atoms. The molecule has 4 heteroatoms. The Morgan fingerprint density at radius 1 is 1.00 bits per heavy atom.